The third-order valence-electron chi connectivity index (χ3n) is 2.49. The van der Waals surface area contributed by atoms with Crippen molar-refractivity contribution in [3.63, 3.8) is 0 Å². The van der Waals surface area contributed by atoms with Crippen LogP contribution in [0.2, 0.25) is 0 Å². The van der Waals surface area contributed by atoms with E-state index in [0.717, 1.165) is 18.7 Å². The summed E-state index contributed by atoms with van der Waals surface area (Å²) in [5.41, 5.74) is 1.02. The van der Waals surface area contributed by atoms with Gasteiger partial charge >= 0.3 is 5.97 Å². The van der Waals surface area contributed by atoms with E-state index in [0.29, 0.717) is 13.2 Å². The Morgan fingerprint density at radius 1 is 1.19 bits per heavy atom. The Labute approximate surface area is 95.3 Å². The van der Waals surface area contributed by atoms with Gasteiger partial charge in [-0.25, -0.2) is 0 Å². The van der Waals surface area contributed by atoms with Gasteiger partial charge in [0.15, 0.2) is 0 Å². The lowest BCUT2D eigenvalue weighted by molar-refractivity contribution is -0.145. The molecular formula is C13H15NO2. The van der Waals surface area contributed by atoms with Crippen LogP contribution in [-0.2, 0) is 16.1 Å². The molecule has 1 heterocycles. The lowest BCUT2D eigenvalue weighted by atomic mass is 10.2. The van der Waals surface area contributed by atoms with Crippen molar-refractivity contribution in [2.45, 2.75) is 6.61 Å². The van der Waals surface area contributed by atoms with Crippen LogP contribution < -0.4 is 0 Å². The van der Waals surface area contributed by atoms with Crippen LogP contribution in [0.25, 0.3) is 0 Å². The van der Waals surface area contributed by atoms with Gasteiger partial charge in [-0.3, -0.25) is 9.69 Å². The molecule has 0 radical (unpaired) electrons. The maximum absolute atomic E-state index is 11.5. The number of carbonyl (C=O) groups is 1. The molecule has 0 fully saturated rings. The summed E-state index contributed by atoms with van der Waals surface area (Å²) < 4.78 is 5.18. The first-order chi connectivity index (χ1) is 7.84. The average Bonchev–Trinajstić information content (AvgIpc) is 2.81. The van der Waals surface area contributed by atoms with Gasteiger partial charge in [0, 0.05) is 13.1 Å². The van der Waals surface area contributed by atoms with Crippen LogP contribution in [-0.4, -0.2) is 30.5 Å². The molecule has 0 aromatic heterocycles. The van der Waals surface area contributed by atoms with E-state index in [2.05, 4.69) is 12.2 Å². The zero-order chi connectivity index (χ0) is 11.2. The number of carbonyl (C=O) groups excluding carboxylic acids is 1. The monoisotopic (exact) mass is 217 g/mol. The molecule has 16 heavy (non-hydrogen) atoms. The lowest BCUT2D eigenvalue weighted by Crippen LogP contribution is -2.28. The molecule has 0 saturated heterocycles. The number of hydrogen-bond donors (Lipinski definition) is 0. The maximum atomic E-state index is 11.5. The summed E-state index contributed by atoms with van der Waals surface area (Å²) in [6.07, 6.45) is 4.12. The molecule has 84 valence electrons. The first-order valence-corrected chi connectivity index (χ1v) is 5.41. The Morgan fingerprint density at radius 3 is 2.56 bits per heavy atom. The average molecular weight is 217 g/mol. The highest BCUT2D eigenvalue weighted by molar-refractivity contribution is 5.71. The van der Waals surface area contributed by atoms with E-state index >= 15 is 0 Å². The number of rotatable bonds is 4. The van der Waals surface area contributed by atoms with E-state index in [-0.39, 0.29) is 5.97 Å². The second-order valence-corrected chi connectivity index (χ2v) is 3.81. The van der Waals surface area contributed by atoms with Crippen LogP contribution in [0.1, 0.15) is 5.56 Å². The van der Waals surface area contributed by atoms with E-state index in [1.54, 1.807) is 0 Å². The fourth-order valence-electron chi connectivity index (χ4n) is 1.62. The molecule has 3 heteroatoms. The fraction of sp³-hybridized carbons (Fsp3) is 0.308. The van der Waals surface area contributed by atoms with Gasteiger partial charge in [0.1, 0.15) is 6.61 Å². The van der Waals surface area contributed by atoms with Gasteiger partial charge in [-0.15, -0.1) is 0 Å². The van der Waals surface area contributed by atoms with E-state index < -0.39 is 0 Å². The van der Waals surface area contributed by atoms with Crippen LogP contribution in [0, 0.1) is 0 Å². The van der Waals surface area contributed by atoms with Crippen LogP contribution in [0.15, 0.2) is 42.5 Å². The molecule has 2 rings (SSSR count). The molecule has 0 atom stereocenters. The molecule has 0 N–H and O–H groups in total. The van der Waals surface area contributed by atoms with Gasteiger partial charge < -0.3 is 4.74 Å². The predicted octanol–water partition coefficient (Wildman–Crippen LogP) is 1.60. The summed E-state index contributed by atoms with van der Waals surface area (Å²) in [4.78, 5) is 13.5. The molecule has 1 aromatic carbocycles. The van der Waals surface area contributed by atoms with Crippen LogP contribution >= 0.6 is 0 Å². The van der Waals surface area contributed by atoms with Gasteiger partial charge in [0.2, 0.25) is 0 Å². The summed E-state index contributed by atoms with van der Waals surface area (Å²) >= 11 is 0. The van der Waals surface area contributed by atoms with Gasteiger partial charge in [0.05, 0.1) is 6.54 Å². The Balaban J connectivity index is 1.71. The highest BCUT2D eigenvalue weighted by atomic mass is 16.5. The normalized spacial score (nSPS) is 15.2. The third kappa shape index (κ3) is 3.21. The first-order valence-electron chi connectivity index (χ1n) is 5.41. The van der Waals surface area contributed by atoms with Crippen molar-refractivity contribution in [1.82, 2.24) is 4.90 Å². The van der Waals surface area contributed by atoms with Crippen LogP contribution in [0.4, 0.5) is 0 Å². The summed E-state index contributed by atoms with van der Waals surface area (Å²) in [5.74, 6) is -0.160. The highest BCUT2D eigenvalue weighted by Crippen LogP contribution is 2.02. The van der Waals surface area contributed by atoms with Crippen molar-refractivity contribution in [2.75, 3.05) is 19.6 Å². The van der Waals surface area contributed by atoms with E-state index in [9.17, 15) is 4.79 Å². The Hall–Kier alpha value is -1.61. The first kappa shape index (κ1) is 10.9. The van der Waals surface area contributed by atoms with E-state index in [4.69, 9.17) is 4.74 Å². The molecule has 0 amide bonds. The minimum atomic E-state index is -0.160. The fourth-order valence-corrected chi connectivity index (χ4v) is 1.62. The van der Waals surface area contributed by atoms with Gasteiger partial charge in [-0.1, -0.05) is 42.5 Å². The van der Waals surface area contributed by atoms with Crippen LogP contribution in [0.5, 0.6) is 0 Å². The van der Waals surface area contributed by atoms with Gasteiger partial charge in [-0.05, 0) is 5.56 Å². The quantitative estimate of drug-likeness (QED) is 0.566. The SMILES string of the molecule is O=C(CN1CC=CC1)OCc1ccccc1. The zero-order valence-electron chi connectivity index (χ0n) is 9.13. The smallest absolute Gasteiger partial charge is 0.320 e. The zero-order valence-corrected chi connectivity index (χ0v) is 9.13. The molecule has 1 aromatic rings. The molecule has 3 nitrogen and oxygen atoms in total. The van der Waals surface area contributed by atoms with Crippen molar-refractivity contribution >= 4 is 5.97 Å². The highest BCUT2D eigenvalue weighted by Gasteiger charge is 2.12. The van der Waals surface area contributed by atoms with Crippen molar-refractivity contribution in [1.29, 1.82) is 0 Å². The van der Waals surface area contributed by atoms with Crippen molar-refractivity contribution in [2.24, 2.45) is 0 Å². The summed E-state index contributed by atoms with van der Waals surface area (Å²) in [5, 5.41) is 0. The third-order valence-corrected chi connectivity index (χ3v) is 2.49. The predicted molar refractivity (Wildman–Crippen MR) is 61.8 cm³/mol. The summed E-state index contributed by atoms with van der Waals surface area (Å²) in [6.45, 7) is 2.43. The molecule has 1 aliphatic heterocycles. The molecular weight excluding hydrogens is 202 g/mol. The molecule has 0 aliphatic carbocycles. The molecule has 0 spiro atoms. The molecule has 0 bridgehead atoms. The lowest BCUT2D eigenvalue weighted by Gasteiger charge is -2.13. The van der Waals surface area contributed by atoms with Crippen molar-refractivity contribution in [3.05, 3.63) is 48.0 Å². The van der Waals surface area contributed by atoms with E-state index in [1.165, 1.54) is 0 Å². The minimum absolute atomic E-state index is 0.160. The second-order valence-electron chi connectivity index (χ2n) is 3.81. The summed E-state index contributed by atoms with van der Waals surface area (Å²) in [7, 11) is 0. The standard InChI is InChI=1S/C13H15NO2/c15-13(10-14-8-4-5-9-14)16-11-12-6-2-1-3-7-12/h1-7H,8-11H2. The largest absolute Gasteiger partial charge is 0.460 e. The van der Waals surface area contributed by atoms with Crippen molar-refractivity contribution in [3.8, 4) is 0 Å². The van der Waals surface area contributed by atoms with E-state index in [1.807, 2.05) is 35.2 Å². The molecule has 0 unspecified atom stereocenters. The number of benzene rings is 1. The summed E-state index contributed by atoms with van der Waals surface area (Å²) in [6, 6.07) is 9.72. The van der Waals surface area contributed by atoms with Crippen LogP contribution in [0.3, 0.4) is 0 Å². The number of esters is 1. The topological polar surface area (TPSA) is 29.5 Å². The second kappa shape index (κ2) is 5.47. The Kier molecular flexibility index (Phi) is 3.72. The number of nitrogens with zero attached hydrogens (tertiary/aromatic N) is 1. The Bertz CT molecular complexity index is 365. The number of ether oxygens (including phenoxy) is 1. The maximum Gasteiger partial charge on any atom is 0.320 e. The number of hydrogen-bond acceptors (Lipinski definition) is 3. The minimum Gasteiger partial charge on any atom is -0.460 e. The Morgan fingerprint density at radius 2 is 1.88 bits per heavy atom. The molecule has 1 aliphatic rings. The molecule has 0 saturated carbocycles. The van der Waals surface area contributed by atoms with Gasteiger partial charge in [0.25, 0.3) is 0 Å². The van der Waals surface area contributed by atoms with Gasteiger partial charge in [-0.2, -0.15) is 0 Å². The van der Waals surface area contributed by atoms with Crippen molar-refractivity contribution < 1.29 is 9.53 Å².